The van der Waals surface area contributed by atoms with Crippen LogP contribution in [0.5, 0.6) is 5.75 Å². The van der Waals surface area contributed by atoms with Crippen molar-refractivity contribution in [2.45, 2.75) is 26.7 Å². The Morgan fingerprint density at radius 1 is 1.42 bits per heavy atom. The van der Waals surface area contributed by atoms with E-state index in [0.717, 1.165) is 25.2 Å². The molecule has 0 aliphatic heterocycles. The van der Waals surface area contributed by atoms with Gasteiger partial charge >= 0.3 is 0 Å². The van der Waals surface area contributed by atoms with Gasteiger partial charge in [-0.2, -0.15) is 0 Å². The molecule has 0 aliphatic carbocycles. The second-order valence-electron chi connectivity index (χ2n) is 2.72. The molecule has 1 aromatic carbocycles. The molecule has 1 rings (SSSR count). The van der Waals surface area contributed by atoms with E-state index in [1.807, 2.05) is 19.1 Å². The molecule has 0 aromatic heterocycles. The highest BCUT2D eigenvalue weighted by Crippen LogP contribution is 2.18. The number of hydrogen-bond donors (Lipinski definition) is 0. The van der Waals surface area contributed by atoms with E-state index in [2.05, 4.69) is 19.1 Å². The Balaban J connectivity index is 2.77. The highest BCUT2D eigenvalue weighted by Gasteiger charge is 1.99. The monoisotopic (exact) mass is 163 g/mol. The van der Waals surface area contributed by atoms with E-state index in [-0.39, 0.29) is 0 Å². The van der Waals surface area contributed by atoms with E-state index in [1.165, 1.54) is 5.56 Å². The van der Waals surface area contributed by atoms with Gasteiger partial charge in [0.25, 0.3) is 0 Å². The fourth-order valence-corrected chi connectivity index (χ4v) is 1.21. The van der Waals surface area contributed by atoms with Gasteiger partial charge in [-0.15, -0.1) is 0 Å². The summed E-state index contributed by atoms with van der Waals surface area (Å²) in [4.78, 5) is 0. The van der Waals surface area contributed by atoms with Crippen LogP contribution in [-0.4, -0.2) is 6.61 Å². The summed E-state index contributed by atoms with van der Waals surface area (Å²) in [7, 11) is 0. The minimum Gasteiger partial charge on any atom is -0.494 e. The summed E-state index contributed by atoms with van der Waals surface area (Å²) in [5.74, 6) is 0.988. The smallest absolute Gasteiger partial charge is 0.123 e. The lowest BCUT2D eigenvalue weighted by molar-refractivity contribution is 0.336. The standard InChI is InChI=1S/C11H15O/c1-3-7-10-8-5-6-9-11(10)12-4-2/h5,8-9H,3-4,7H2,1-2H3. The van der Waals surface area contributed by atoms with E-state index in [4.69, 9.17) is 4.74 Å². The van der Waals surface area contributed by atoms with E-state index in [9.17, 15) is 0 Å². The molecule has 0 heterocycles. The Kier molecular flexibility index (Phi) is 3.65. The van der Waals surface area contributed by atoms with Crippen LogP contribution in [-0.2, 0) is 6.42 Å². The van der Waals surface area contributed by atoms with Crippen molar-refractivity contribution in [3.05, 3.63) is 29.8 Å². The zero-order valence-corrected chi connectivity index (χ0v) is 7.76. The summed E-state index contributed by atoms with van der Waals surface area (Å²) >= 11 is 0. The fraction of sp³-hybridized carbons (Fsp3) is 0.455. The second kappa shape index (κ2) is 4.81. The molecular formula is C11H15O. The first-order valence-corrected chi connectivity index (χ1v) is 4.50. The van der Waals surface area contributed by atoms with Gasteiger partial charge in [-0.05, 0) is 31.0 Å². The normalized spacial score (nSPS) is 9.83. The molecule has 0 fully saturated rings. The number of benzene rings is 1. The van der Waals surface area contributed by atoms with Crippen LogP contribution in [0, 0.1) is 6.07 Å². The molecule has 1 radical (unpaired) electrons. The largest absolute Gasteiger partial charge is 0.494 e. The van der Waals surface area contributed by atoms with Gasteiger partial charge in [-0.1, -0.05) is 25.5 Å². The van der Waals surface area contributed by atoms with Gasteiger partial charge in [0.15, 0.2) is 0 Å². The number of aryl methyl sites for hydroxylation is 1. The molecule has 0 N–H and O–H groups in total. The lowest BCUT2D eigenvalue weighted by Crippen LogP contribution is -1.95. The average Bonchev–Trinajstić information content (AvgIpc) is 2.09. The van der Waals surface area contributed by atoms with E-state index in [1.54, 1.807) is 0 Å². The van der Waals surface area contributed by atoms with Crippen molar-refractivity contribution >= 4 is 0 Å². The molecule has 0 saturated heterocycles. The Hall–Kier alpha value is -0.980. The summed E-state index contributed by atoms with van der Waals surface area (Å²) in [5, 5.41) is 0. The molecule has 0 spiro atoms. The Bertz CT molecular complexity index is 205. The molecule has 1 heteroatoms. The van der Waals surface area contributed by atoms with Crippen LogP contribution in [0.4, 0.5) is 0 Å². The molecule has 0 unspecified atom stereocenters. The minimum absolute atomic E-state index is 0.731. The third-order valence-corrected chi connectivity index (χ3v) is 1.73. The van der Waals surface area contributed by atoms with E-state index in [0.29, 0.717) is 0 Å². The molecule has 1 nitrogen and oxygen atoms in total. The first kappa shape index (κ1) is 9.11. The highest BCUT2D eigenvalue weighted by molar-refractivity contribution is 5.32. The average molecular weight is 163 g/mol. The summed E-state index contributed by atoms with van der Waals surface area (Å²) < 4.78 is 5.46. The van der Waals surface area contributed by atoms with Gasteiger partial charge in [-0.25, -0.2) is 0 Å². The first-order chi connectivity index (χ1) is 5.88. The third-order valence-electron chi connectivity index (χ3n) is 1.73. The van der Waals surface area contributed by atoms with Gasteiger partial charge in [0, 0.05) is 0 Å². The van der Waals surface area contributed by atoms with Crippen molar-refractivity contribution in [2.75, 3.05) is 6.61 Å². The molecule has 1 aromatic rings. The molecular weight excluding hydrogens is 148 g/mol. The van der Waals surface area contributed by atoms with E-state index < -0.39 is 0 Å². The van der Waals surface area contributed by atoms with Crippen molar-refractivity contribution in [3.63, 3.8) is 0 Å². The van der Waals surface area contributed by atoms with Gasteiger partial charge in [0.2, 0.25) is 0 Å². The highest BCUT2D eigenvalue weighted by atomic mass is 16.5. The minimum atomic E-state index is 0.731. The maximum absolute atomic E-state index is 5.46. The molecule has 12 heavy (non-hydrogen) atoms. The zero-order chi connectivity index (χ0) is 8.81. The molecule has 65 valence electrons. The fourth-order valence-electron chi connectivity index (χ4n) is 1.21. The van der Waals surface area contributed by atoms with Crippen LogP contribution in [0.15, 0.2) is 18.2 Å². The van der Waals surface area contributed by atoms with Crippen molar-refractivity contribution in [3.8, 4) is 5.75 Å². The summed E-state index contributed by atoms with van der Waals surface area (Å²) in [6.07, 6.45) is 2.24. The predicted molar refractivity (Wildman–Crippen MR) is 50.4 cm³/mol. The summed E-state index contributed by atoms with van der Waals surface area (Å²) in [6, 6.07) is 8.95. The Labute approximate surface area is 74.4 Å². The van der Waals surface area contributed by atoms with Crippen molar-refractivity contribution in [1.29, 1.82) is 0 Å². The summed E-state index contributed by atoms with van der Waals surface area (Å²) in [5.41, 5.74) is 1.29. The van der Waals surface area contributed by atoms with Crippen molar-refractivity contribution < 1.29 is 4.74 Å². The van der Waals surface area contributed by atoms with Gasteiger partial charge in [0.05, 0.1) is 6.61 Å². The van der Waals surface area contributed by atoms with Crippen LogP contribution in [0.2, 0.25) is 0 Å². The third kappa shape index (κ3) is 2.26. The quantitative estimate of drug-likeness (QED) is 0.663. The molecule has 0 atom stereocenters. The molecule has 0 amide bonds. The van der Waals surface area contributed by atoms with Crippen molar-refractivity contribution in [2.24, 2.45) is 0 Å². The Morgan fingerprint density at radius 2 is 2.25 bits per heavy atom. The molecule has 0 saturated carbocycles. The predicted octanol–water partition coefficient (Wildman–Crippen LogP) is 2.84. The maximum atomic E-state index is 5.46. The lowest BCUT2D eigenvalue weighted by Gasteiger charge is -2.07. The number of rotatable bonds is 4. The van der Waals surface area contributed by atoms with Crippen LogP contribution < -0.4 is 4.74 Å². The number of ether oxygens (including phenoxy) is 1. The lowest BCUT2D eigenvalue weighted by atomic mass is 10.1. The summed E-state index contributed by atoms with van der Waals surface area (Å²) in [6.45, 7) is 4.91. The first-order valence-electron chi connectivity index (χ1n) is 4.50. The van der Waals surface area contributed by atoms with Gasteiger partial charge < -0.3 is 4.74 Å². The molecule has 0 aliphatic rings. The SMILES string of the molecule is CCCc1cc[c]cc1OCC. The van der Waals surface area contributed by atoms with Gasteiger partial charge in [-0.3, -0.25) is 0 Å². The van der Waals surface area contributed by atoms with Crippen LogP contribution in [0.3, 0.4) is 0 Å². The van der Waals surface area contributed by atoms with Crippen LogP contribution in [0.25, 0.3) is 0 Å². The van der Waals surface area contributed by atoms with E-state index >= 15 is 0 Å². The van der Waals surface area contributed by atoms with Crippen molar-refractivity contribution in [1.82, 2.24) is 0 Å². The maximum Gasteiger partial charge on any atom is 0.123 e. The number of hydrogen-bond acceptors (Lipinski definition) is 1. The van der Waals surface area contributed by atoms with Gasteiger partial charge in [0.1, 0.15) is 5.75 Å². The Morgan fingerprint density at radius 3 is 2.92 bits per heavy atom. The topological polar surface area (TPSA) is 9.23 Å². The molecule has 0 bridgehead atoms. The van der Waals surface area contributed by atoms with Crippen LogP contribution in [0.1, 0.15) is 25.8 Å². The second-order valence-corrected chi connectivity index (χ2v) is 2.72. The van der Waals surface area contributed by atoms with Crippen LogP contribution >= 0.6 is 0 Å². The zero-order valence-electron chi connectivity index (χ0n) is 7.76.